The average Bonchev–Trinajstić information content (AvgIpc) is 2.79. The predicted octanol–water partition coefficient (Wildman–Crippen LogP) is 4.04. The molecule has 0 amide bonds. The number of fused-ring (bicyclic) bond motifs is 1. The molecule has 0 spiro atoms. The summed E-state index contributed by atoms with van der Waals surface area (Å²) in [6.07, 6.45) is 2.54. The lowest BCUT2D eigenvalue weighted by molar-refractivity contribution is -0.141. The zero-order valence-corrected chi connectivity index (χ0v) is 11.1. The lowest BCUT2D eigenvalue weighted by atomic mass is 9.87. The van der Waals surface area contributed by atoms with Gasteiger partial charge < -0.3 is 4.74 Å². The van der Waals surface area contributed by atoms with E-state index in [0.717, 1.165) is 12.8 Å². The molecule has 2 nitrogen and oxygen atoms in total. The molecule has 98 valence electrons. The van der Waals surface area contributed by atoms with E-state index in [9.17, 15) is 4.79 Å². The summed E-state index contributed by atoms with van der Waals surface area (Å²) >= 11 is 0. The van der Waals surface area contributed by atoms with Crippen LogP contribution >= 0.6 is 0 Å². The molecule has 0 saturated carbocycles. The van der Waals surface area contributed by atoms with Gasteiger partial charge >= 0.3 is 5.97 Å². The van der Waals surface area contributed by atoms with Crippen LogP contribution in [-0.2, 0) is 9.53 Å². The largest absolute Gasteiger partial charge is 0.462 e. The van der Waals surface area contributed by atoms with Crippen LogP contribution in [0.5, 0.6) is 0 Å². The van der Waals surface area contributed by atoms with Crippen molar-refractivity contribution in [3.05, 3.63) is 48.0 Å². The second-order valence-electron chi connectivity index (χ2n) is 5.20. The van der Waals surface area contributed by atoms with Gasteiger partial charge in [0.25, 0.3) is 0 Å². The number of carbonyl (C=O) groups excluding carboxylic acids is 1. The summed E-state index contributed by atoms with van der Waals surface area (Å²) in [6, 6.07) is 14.7. The number of benzene rings is 2. The van der Waals surface area contributed by atoms with Crippen molar-refractivity contribution >= 4 is 16.7 Å². The Morgan fingerprint density at radius 3 is 2.79 bits per heavy atom. The normalized spacial score (nSPS) is 22.7. The van der Waals surface area contributed by atoms with Crippen LogP contribution in [0.2, 0.25) is 0 Å². The number of esters is 1. The van der Waals surface area contributed by atoms with Crippen molar-refractivity contribution in [3.63, 3.8) is 0 Å². The first-order valence-corrected chi connectivity index (χ1v) is 6.96. The average molecular weight is 254 g/mol. The van der Waals surface area contributed by atoms with E-state index < -0.39 is 0 Å². The minimum atomic E-state index is -0.0589. The van der Waals surface area contributed by atoms with Crippen molar-refractivity contribution in [2.45, 2.75) is 38.2 Å². The number of hydrogen-bond acceptors (Lipinski definition) is 2. The molecule has 2 atom stereocenters. The first kappa shape index (κ1) is 12.2. The summed E-state index contributed by atoms with van der Waals surface area (Å²) in [5.74, 6) is 0.148. The Labute approximate surface area is 113 Å². The van der Waals surface area contributed by atoms with E-state index in [-0.39, 0.29) is 18.0 Å². The maximum atomic E-state index is 11.6. The standard InChI is InChI=1S/C17H18O2/c1-2-6-16-15(11-17(18)19-16)14-10-5-8-12-7-3-4-9-13(12)14/h3-5,7-10,15-16H,2,6,11H2,1H3. The number of carbonyl (C=O) groups is 1. The molecule has 2 heteroatoms. The highest BCUT2D eigenvalue weighted by molar-refractivity contribution is 5.87. The number of hydrogen-bond donors (Lipinski definition) is 0. The number of cyclic esters (lactones) is 1. The van der Waals surface area contributed by atoms with Gasteiger partial charge in [-0.3, -0.25) is 4.79 Å². The highest BCUT2D eigenvalue weighted by Gasteiger charge is 2.35. The van der Waals surface area contributed by atoms with E-state index in [0.29, 0.717) is 6.42 Å². The molecule has 0 bridgehead atoms. The minimum Gasteiger partial charge on any atom is -0.462 e. The first-order chi connectivity index (χ1) is 9.29. The molecule has 0 aliphatic carbocycles. The third-order valence-electron chi connectivity index (χ3n) is 3.91. The molecular weight excluding hydrogens is 236 g/mol. The van der Waals surface area contributed by atoms with Crippen LogP contribution < -0.4 is 0 Å². The van der Waals surface area contributed by atoms with Crippen molar-refractivity contribution in [2.24, 2.45) is 0 Å². The zero-order chi connectivity index (χ0) is 13.2. The lowest BCUT2D eigenvalue weighted by Crippen LogP contribution is -2.14. The summed E-state index contributed by atoms with van der Waals surface area (Å²) < 4.78 is 5.48. The van der Waals surface area contributed by atoms with Crippen LogP contribution in [0.15, 0.2) is 42.5 Å². The molecule has 1 heterocycles. The zero-order valence-electron chi connectivity index (χ0n) is 11.1. The Morgan fingerprint density at radius 1 is 1.16 bits per heavy atom. The van der Waals surface area contributed by atoms with Gasteiger partial charge in [0.05, 0.1) is 6.42 Å². The fraction of sp³-hybridized carbons (Fsp3) is 0.353. The van der Waals surface area contributed by atoms with E-state index in [1.165, 1.54) is 16.3 Å². The highest BCUT2D eigenvalue weighted by Crippen LogP contribution is 2.37. The summed E-state index contributed by atoms with van der Waals surface area (Å²) in [5, 5.41) is 2.48. The van der Waals surface area contributed by atoms with Gasteiger partial charge in [0.15, 0.2) is 0 Å². The molecule has 0 radical (unpaired) electrons. The molecule has 1 saturated heterocycles. The molecular formula is C17H18O2. The summed E-state index contributed by atoms with van der Waals surface area (Å²) in [7, 11) is 0. The molecule has 2 unspecified atom stereocenters. The number of ether oxygens (including phenoxy) is 1. The van der Waals surface area contributed by atoms with Gasteiger partial charge in [-0.25, -0.2) is 0 Å². The Bertz CT molecular complexity index is 598. The van der Waals surface area contributed by atoms with E-state index in [4.69, 9.17) is 4.74 Å². The van der Waals surface area contributed by atoms with Crippen molar-refractivity contribution in [1.29, 1.82) is 0 Å². The van der Waals surface area contributed by atoms with Crippen LogP contribution in [0.3, 0.4) is 0 Å². The van der Waals surface area contributed by atoms with Crippen LogP contribution in [0.1, 0.15) is 37.7 Å². The lowest BCUT2D eigenvalue weighted by Gasteiger charge is -2.18. The molecule has 19 heavy (non-hydrogen) atoms. The molecule has 0 aromatic heterocycles. The van der Waals surface area contributed by atoms with Crippen LogP contribution in [0.25, 0.3) is 10.8 Å². The maximum absolute atomic E-state index is 11.6. The molecule has 3 rings (SSSR count). The molecule has 1 aliphatic heterocycles. The highest BCUT2D eigenvalue weighted by atomic mass is 16.5. The fourth-order valence-corrected chi connectivity index (χ4v) is 3.04. The van der Waals surface area contributed by atoms with Gasteiger partial charge in [0, 0.05) is 5.92 Å². The minimum absolute atomic E-state index is 0.0447. The molecule has 1 aliphatic rings. The van der Waals surface area contributed by atoms with E-state index in [1.54, 1.807) is 0 Å². The van der Waals surface area contributed by atoms with E-state index in [1.807, 2.05) is 6.07 Å². The SMILES string of the molecule is CCCC1OC(=O)CC1c1cccc2ccccc12. The second kappa shape index (κ2) is 5.04. The van der Waals surface area contributed by atoms with Gasteiger partial charge in [0.1, 0.15) is 6.10 Å². The molecule has 2 aromatic carbocycles. The van der Waals surface area contributed by atoms with Gasteiger partial charge in [-0.15, -0.1) is 0 Å². The maximum Gasteiger partial charge on any atom is 0.306 e. The van der Waals surface area contributed by atoms with Crippen molar-refractivity contribution in [2.75, 3.05) is 0 Å². The molecule has 1 fully saturated rings. The Morgan fingerprint density at radius 2 is 1.95 bits per heavy atom. The summed E-state index contributed by atoms with van der Waals surface area (Å²) in [4.78, 5) is 11.6. The van der Waals surface area contributed by atoms with Crippen molar-refractivity contribution < 1.29 is 9.53 Å². The third-order valence-corrected chi connectivity index (χ3v) is 3.91. The van der Waals surface area contributed by atoms with Gasteiger partial charge in [-0.2, -0.15) is 0 Å². The van der Waals surface area contributed by atoms with Gasteiger partial charge in [0.2, 0.25) is 0 Å². The second-order valence-corrected chi connectivity index (χ2v) is 5.20. The topological polar surface area (TPSA) is 26.3 Å². The monoisotopic (exact) mass is 254 g/mol. The Balaban J connectivity index is 2.05. The summed E-state index contributed by atoms with van der Waals surface area (Å²) in [5.41, 5.74) is 1.25. The van der Waals surface area contributed by atoms with Crippen molar-refractivity contribution in [1.82, 2.24) is 0 Å². The Hall–Kier alpha value is -1.83. The van der Waals surface area contributed by atoms with Gasteiger partial charge in [-0.1, -0.05) is 55.8 Å². The van der Waals surface area contributed by atoms with Gasteiger partial charge in [-0.05, 0) is 22.8 Å². The fourth-order valence-electron chi connectivity index (χ4n) is 3.04. The summed E-state index contributed by atoms with van der Waals surface area (Å²) in [6.45, 7) is 2.13. The Kier molecular flexibility index (Phi) is 3.24. The third kappa shape index (κ3) is 2.23. The van der Waals surface area contributed by atoms with Crippen LogP contribution in [0.4, 0.5) is 0 Å². The van der Waals surface area contributed by atoms with Crippen LogP contribution in [-0.4, -0.2) is 12.1 Å². The smallest absolute Gasteiger partial charge is 0.306 e. The number of rotatable bonds is 3. The van der Waals surface area contributed by atoms with Crippen LogP contribution in [0, 0.1) is 0 Å². The quantitative estimate of drug-likeness (QED) is 0.773. The molecule has 2 aromatic rings. The van der Waals surface area contributed by atoms with Crippen molar-refractivity contribution in [3.8, 4) is 0 Å². The van der Waals surface area contributed by atoms with E-state index >= 15 is 0 Å². The van der Waals surface area contributed by atoms with E-state index in [2.05, 4.69) is 43.3 Å². The molecule has 0 N–H and O–H groups in total. The predicted molar refractivity (Wildman–Crippen MR) is 76.1 cm³/mol. The first-order valence-electron chi connectivity index (χ1n) is 6.96.